The first kappa shape index (κ1) is 19.4. The molecule has 0 aliphatic carbocycles. The molecular formula is C17H23N2O5S-. The highest BCUT2D eigenvalue weighted by Gasteiger charge is 2.30. The number of carboxylic acid groups (broad SMARTS) is 1. The number of hydrogen-bond acceptors (Lipinski definition) is 6. The molecule has 0 aromatic heterocycles. The van der Waals surface area contributed by atoms with Crippen LogP contribution in [0.2, 0.25) is 0 Å². The Labute approximate surface area is 148 Å². The van der Waals surface area contributed by atoms with E-state index in [1.54, 1.807) is 32.9 Å². The molecular weight excluding hydrogens is 344 g/mol. The number of benzene rings is 1. The van der Waals surface area contributed by atoms with Crippen LogP contribution in [0.15, 0.2) is 29.2 Å². The number of hydrogen-bond donors (Lipinski definition) is 1. The summed E-state index contributed by atoms with van der Waals surface area (Å²) < 4.78 is 27.1. The lowest BCUT2D eigenvalue weighted by Crippen LogP contribution is -2.54. The van der Waals surface area contributed by atoms with Crippen LogP contribution in [0.25, 0.3) is 0 Å². The highest BCUT2D eigenvalue weighted by Crippen LogP contribution is 2.23. The fourth-order valence-electron chi connectivity index (χ4n) is 2.65. The Morgan fingerprint density at radius 1 is 1.16 bits per heavy atom. The van der Waals surface area contributed by atoms with Gasteiger partial charge in [-0.1, -0.05) is 20.8 Å². The van der Waals surface area contributed by atoms with Crippen molar-refractivity contribution in [2.45, 2.75) is 44.6 Å². The molecule has 1 heterocycles. The number of aliphatic carboxylic acids is 1. The maximum atomic E-state index is 12.5. The van der Waals surface area contributed by atoms with Gasteiger partial charge in [0.05, 0.1) is 16.9 Å². The molecule has 0 radical (unpaired) electrons. The molecule has 1 N–H and O–H groups in total. The van der Waals surface area contributed by atoms with E-state index in [2.05, 4.69) is 4.72 Å². The second-order valence-corrected chi connectivity index (χ2v) is 8.97. The van der Waals surface area contributed by atoms with Crippen molar-refractivity contribution in [1.29, 1.82) is 0 Å². The first-order valence-corrected chi connectivity index (χ1v) is 9.59. The van der Waals surface area contributed by atoms with Gasteiger partial charge >= 0.3 is 0 Å². The quantitative estimate of drug-likeness (QED) is 0.802. The minimum Gasteiger partial charge on any atom is -0.548 e. The van der Waals surface area contributed by atoms with Gasteiger partial charge in [-0.05, 0) is 29.7 Å². The number of carbonyl (C=O) groups is 2. The summed E-state index contributed by atoms with van der Waals surface area (Å²) in [5, 5.41) is 11.3. The Morgan fingerprint density at radius 2 is 1.68 bits per heavy atom. The molecule has 2 rings (SSSR count). The lowest BCUT2D eigenvalue weighted by Gasteiger charge is -2.32. The van der Waals surface area contributed by atoms with Crippen molar-refractivity contribution in [3.63, 3.8) is 0 Å². The van der Waals surface area contributed by atoms with Crippen LogP contribution in [0.3, 0.4) is 0 Å². The summed E-state index contributed by atoms with van der Waals surface area (Å²) in [5.74, 6) is -1.24. The molecule has 1 atom stereocenters. The number of sulfonamides is 1. The molecule has 1 unspecified atom stereocenters. The van der Waals surface area contributed by atoms with Crippen molar-refractivity contribution >= 4 is 27.5 Å². The molecule has 25 heavy (non-hydrogen) atoms. The van der Waals surface area contributed by atoms with E-state index in [1.807, 2.05) is 4.90 Å². The van der Waals surface area contributed by atoms with Crippen molar-refractivity contribution < 1.29 is 23.1 Å². The van der Waals surface area contributed by atoms with Crippen molar-refractivity contribution in [3.8, 4) is 0 Å². The topological polar surface area (TPSA) is 107 Å². The average molecular weight is 367 g/mol. The minimum atomic E-state index is -3.99. The smallest absolute Gasteiger partial charge is 0.241 e. The van der Waals surface area contributed by atoms with Crippen LogP contribution in [-0.2, 0) is 19.6 Å². The summed E-state index contributed by atoms with van der Waals surface area (Å²) in [6.45, 7) is 6.09. The predicted octanol–water partition coefficient (Wildman–Crippen LogP) is 0.299. The third-order valence-corrected chi connectivity index (χ3v) is 5.65. The number of rotatable bonds is 5. The van der Waals surface area contributed by atoms with Crippen molar-refractivity contribution in [2.24, 2.45) is 5.41 Å². The van der Waals surface area contributed by atoms with E-state index >= 15 is 0 Å². The summed E-state index contributed by atoms with van der Waals surface area (Å²) in [7, 11) is -3.99. The van der Waals surface area contributed by atoms with Gasteiger partial charge in [-0.3, -0.25) is 4.79 Å². The van der Waals surface area contributed by atoms with Crippen LogP contribution >= 0.6 is 0 Å². The van der Waals surface area contributed by atoms with Crippen molar-refractivity contribution in [3.05, 3.63) is 24.3 Å². The van der Waals surface area contributed by atoms with E-state index in [4.69, 9.17) is 0 Å². The van der Waals surface area contributed by atoms with Gasteiger partial charge in [-0.2, -0.15) is 0 Å². The largest absolute Gasteiger partial charge is 0.548 e. The molecule has 1 aliphatic heterocycles. The summed E-state index contributed by atoms with van der Waals surface area (Å²) in [6.07, 6.45) is 0.973. The van der Waals surface area contributed by atoms with Gasteiger partial charge in [0, 0.05) is 31.6 Å². The molecule has 0 bridgehead atoms. The van der Waals surface area contributed by atoms with Crippen LogP contribution in [0.1, 0.15) is 33.6 Å². The molecule has 1 fully saturated rings. The summed E-state index contributed by atoms with van der Waals surface area (Å²) in [6, 6.07) is 4.85. The molecule has 1 aliphatic rings. The molecule has 8 heteroatoms. The lowest BCUT2D eigenvalue weighted by atomic mass is 9.88. The average Bonchev–Trinajstić information content (AvgIpc) is 2.52. The van der Waals surface area contributed by atoms with Gasteiger partial charge in [0.1, 0.15) is 5.78 Å². The Balaban J connectivity index is 2.17. The first-order chi connectivity index (χ1) is 11.5. The van der Waals surface area contributed by atoms with E-state index < -0.39 is 27.4 Å². The summed E-state index contributed by atoms with van der Waals surface area (Å²) in [5.41, 5.74) is 0.00495. The van der Waals surface area contributed by atoms with Gasteiger partial charge < -0.3 is 14.8 Å². The van der Waals surface area contributed by atoms with E-state index in [-0.39, 0.29) is 10.7 Å². The molecule has 1 aromatic rings. The van der Waals surface area contributed by atoms with Gasteiger partial charge in [0.25, 0.3) is 0 Å². The Morgan fingerprint density at radius 3 is 2.12 bits per heavy atom. The maximum absolute atomic E-state index is 12.5. The second-order valence-electron chi connectivity index (χ2n) is 7.26. The highest BCUT2D eigenvalue weighted by molar-refractivity contribution is 7.89. The predicted molar refractivity (Wildman–Crippen MR) is 91.5 cm³/mol. The van der Waals surface area contributed by atoms with Crippen LogP contribution < -0.4 is 14.7 Å². The number of carboxylic acids is 1. The molecule has 7 nitrogen and oxygen atoms in total. The normalized spacial score (nSPS) is 17.4. The second kappa shape index (κ2) is 7.13. The van der Waals surface area contributed by atoms with E-state index in [0.29, 0.717) is 25.9 Å². The van der Waals surface area contributed by atoms with Crippen LogP contribution in [0.5, 0.6) is 0 Å². The van der Waals surface area contributed by atoms with Gasteiger partial charge in [0.15, 0.2) is 0 Å². The molecule has 0 spiro atoms. The fraction of sp³-hybridized carbons (Fsp3) is 0.529. The van der Waals surface area contributed by atoms with Crippen LogP contribution in [0.4, 0.5) is 5.69 Å². The Bertz CT molecular complexity index is 740. The van der Waals surface area contributed by atoms with Crippen molar-refractivity contribution in [2.75, 3.05) is 18.0 Å². The number of nitrogens with one attached hydrogen (secondary N) is 1. The fourth-order valence-corrected chi connectivity index (χ4v) is 4.04. The number of piperidine rings is 1. The highest BCUT2D eigenvalue weighted by atomic mass is 32.2. The zero-order valence-corrected chi connectivity index (χ0v) is 15.4. The Kier molecular flexibility index (Phi) is 5.53. The van der Waals surface area contributed by atoms with Crippen LogP contribution in [-0.4, -0.2) is 39.3 Å². The standard InChI is InChI=1S/C17H24N2O5S/c1-17(2,3)15(16(21)22)18-25(23,24)14-6-4-12(5-7-14)19-10-8-13(20)9-11-19/h4-7,15,18H,8-11H2,1-3H3,(H,21,22)/p-1. The number of nitrogens with zero attached hydrogens (tertiary/aromatic N) is 1. The maximum Gasteiger partial charge on any atom is 0.241 e. The Hall–Kier alpha value is -1.93. The minimum absolute atomic E-state index is 0.0140. The van der Waals surface area contributed by atoms with Gasteiger partial charge in [-0.25, -0.2) is 13.1 Å². The van der Waals surface area contributed by atoms with E-state index in [9.17, 15) is 23.1 Å². The molecule has 0 saturated carbocycles. The van der Waals surface area contributed by atoms with Gasteiger partial charge in [0.2, 0.25) is 10.0 Å². The first-order valence-electron chi connectivity index (χ1n) is 8.10. The lowest BCUT2D eigenvalue weighted by molar-refractivity contribution is -0.310. The molecule has 1 aromatic carbocycles. The SMILES string of the molecule is CC(C)(C)C(NS(=O)(=O)c1ccc(N2CCC(=O)CC2)cc1)C(=O)[O-]. The van der Waals surface area contributed by atoms with Gasteiger partial charge in [-0.15, -0.1) is 0 Å². The third kappa shape index (κ3) is 4.79. The number of ketones is 1. The molecule has 1 saturated heterocycles. The van der Waals surface area contributed by atoms with Crippen LogP contribution in [0, 0.1) is 5.41 Å². The number of carbonyl (C=O) groups excluding carboxylic acids is 2. The summed E-state index contributed by atoms with van der Waals surface area (Å²) >= 11 is 0. The van der Waals surface area contributed by atoms with Crippen molar-refractivity contribution in [1.82, 2.24) is 4.72 Å². The number of anilines is 1. The zero-order valence-electron chi connectivity index (χ0n) is 14.6. The monoisotopic (exact) mass is 367 g/mol. The zero-order chi connectivity index (χ0) is 18.8. The molecule has 138 valence electrons. The molecule has 0 amide bonds. The van der Waals surface area contributed by atoms with E-state index in [1.165, 1.54) is 12.1 Å². The third-order valence-electron chi connectivity index (χ3n) is 4.21. The van der Waals surface area contributed by atoms with E-state index in [0.717, 1.165) is 5.69 Å². The number of Topliss-reactive ketones (excluding diaryl/α,β-unsaturated/α-hetero) is 1. The summed E-state index contributed by atoms with van der Waals surface area (Å²) in [4.78, 5) is 24.6.